The maximum Gasteiger partial charge on any atom is 0.327 e. The number of pyridine rings is 3. The molecule has 0 saturated heterocycles. The molecule has 1 atom stereocenters. The van der Waals surface area contributed by atoms with Crippen molar-refractivity contribution in [2.45, 2.75) is 19.4 Å². The minimum Gasteiger partial charge on any atom is -0.388 e. The van der Waals surface area contributed by atoms with Crippen molar-refractivity contribution >= 4 is 28.4 Å². The van der Waals surface area contributed by atoms with Crippen molar-refractivity contribution in [3.8, 4) is 11.1 Å². The number of carbonyl (C=O) groups is 1. The first kappa shape index (κ1) is 20.9. The Morgan fingerprint density at radius 1 is 1.18 bits per heavy atom. The number of anilines is 2. The van der Waals surface area contributed by atoms with Crippen LogP contribution in [0.1, 0.15) is 12.1 Å². The Balaban J connectivity index is 1.42. The van der Waals surface area contributed by atoms with E-state index < -0.39 is 6.10 Å². The van der Waals surface area contributed by atoms with Crippen LogP contribution in [0, 0.1) is 6.92 Å². The van der Waals surface area contributed by atoms with E-state index in [0.29, 0.717) is 31.0 Å². The summed E-state index contributed by atoms with van der Waals surface area (Å²) >= 11 is 0. The Hall–Kier alpha value is -3.98. The molecule has 2 aliphatic rings. The predicted molar refractivity (Wildman–Crippen MR) is 128 cm³/mol. The summed E-state index contributed by atoms with van der Waals surface area (Å²) in [5, 5.41) is 20.4. The maximum atomic E-state index is 13.1. The lowest BCUT2D eigenvalue weighted by Gasteiger charge is -2.34. The standard InChI is InChI=1S/C24H25N7O2/c1-14-19(15-8-16-12-29-22(25-2)10-20(16)28-11-15)9-17(13-27-14)30-24(33)31-7-3-4-18-21(32)5-6-26-23(18)31/h3-4,8-13,21,26,32H,5-7H2,1-2H3,(H,25,29)(H,30,33)/t21-/m1/s1. The van der Waals surface area contributed by atoms with Gasteiger partial charge in [0.05, 0.1) is 23.5 Å². The molecule has 2 amide bonds. The van der Waals surface area contributed by atoms with E-state index in [1.165, 1.54) is 0 Å². The van der Waals surface area contributed by atoms with Crippen molar-refractivity contribution in [1.82, 2.24) is 25.2 Å². The number of nitrogens with one attached hydrogen (secondary N) is 3. The van der Waals surface area contributed by atoms with Crippen LogP contribution in [0.5, 0.6) is 0 Å². The number of rotatable bonds is 3. The van der Waals surface area contributed by atoms with Crippen LogP contribution < -0.4 is 16.0 Å². The Bertz CT molecular complexity index is 1300. The van der Waals surface area contributed by atoms with Gasteiger partial charge in [-0.1, -0.05) is 12.2 Å². The van der Waals surface area contributed by atoms with Crippen LogP contribution in [0.3, 0.4) is 0 Å². The third-order valence-corrected chi connectivity index (χ3v) is 5.91. The van der Waals surface area contributed by atoms with Crippen molar-refractivity contribution < 1.29 is 9.90 Å². The molecule has 0 bridgehead atoms. The van der Waals surface area contributed by atoms with Crippen molar-refractivity contribution in [2.24, 2.45) is 0 Å². The molecule has 3 aromatic heterocycles. The lowest BCUT2D eigenvalue weighted by Crippen LogP contribution is -2.45. The molecule has 4 N–H and O–H groups in total. The molecule has 168 valence electrons. The minimum absolute atomic E-state index is 0.287. The van der Waals surface area contributed by atoms with Gasteiger partial charge in [0.2, 0.25) is 0 Å². The highest BCUT2D eigenvalue weighted by Crippen LogP contribution is 2.28. The van der Waals surface area contributed by atoms with E-state index in [-0.39, 0.29) is 6.03 Å². The zero-order chi connectivity index (χ0) is 22.9. The van der Waals surface area contributed by atoms with E-state index >= 15 is 0 Å². The third kappa shape index (κ3) is 3.98. The van der Waals surface area contributed by atoms with Gasteiger partial charge in [-0.05, 0) is 25.5 Å². The fourth-order valence-electron chi connectivity index (χ4n) is 4.14. The zero-order valence-corrected chi connectivity index (χ0v) is 18.5. The highest BCUT2D eigenvalue weighted by molar-refractivity contribution is 5.92. The predicted octanol–water partition coefficient (Wildman–Crippen LogP) is 3.01. The van der Waals surface area contributed by atoms with Gasteiger partial charge in [-0.2, -0.15) is 0 Å². The Morgan fingerprint density at radius 3 is 2.91 bits per heavy atom. The second kappa shape index (κ2) is 8.51. The van der Waals surface area contributed by atoms with Gasteiger partial charge in [-0.3, -0.25) is 14.9 Å². The summed E-state index contributed by atoms with van der Waals surface area (Å²) < 4.78 is 0. The first-order chi connectivity index (χ1) is 16.0. The van der Waals surface area contributed by atoms with Crippen molar-refractivity contribution in [2.75, 3.05) is 30.8 Å². The molecule has 0 spiro atoms. The highest BCUT2D eigenvalue weighted by atomic mass is 16.3. The number of aromatic nitrogens is 3. The van der Waals surface area contributed by atoms with Gasteiger partial charge in [-0.25, -0.2) is 9.78 Å². The summed E-state index contributed by atoms with van der Waals surface area (Å²) in [5.41, 5.74) is 4.77. The monoisotopic (exact) mass is 443 g/mol. The van der Waals surface area contributed by atoms with Crippen LogP contribution >= 0.6 is 0 Å². The Morgan fingerprint density at radius 2 is 2.06 bits per heavy atom. The number of aliphatic hydroxyl groups excluding tert-OH is 1. The van der Waals surface area contributed by atoms with Crippen LogP contribution in [0.2, 0.25) is 0 Å². The first-order valence-corrected chi connectivity index (χ1v) is 10.8. The summed E-state index contributed by atoms with van der Waals surface area (Å²) in [6.45, 7) is 2.97. The molecule has 9 nitrogen and oxygen atoms in total. The Labute approximate surface area is 191 Å². The summed E-state index contributed by atoms with van der Waals surface area (Å²) in [7, 11) is 1.82. The SMILES string of the molecule is CNc1cc2ncc(-c3cc(NC(=O)N4CC=CC5=C4NCC[C@H]5O)cnc3C)cc2cn1. The molecule has 9 heteroatoms. The number of aliphatic hydroxyl groups is 1. The van der Waals surface area contributed by atoms with Crippen molar-refractivity contribution in [3.63, 3.8) is 0 Å². The fourth-order valence-corrected chi connectivity index (χ4v) is 4.14. The second-order valence-corrected chi connectivity index (χ2v) is 8.07. The third-order valence-electron chi connectivity index (χ3n) is 5.91. The largest absolute Gasteiger partial charge is 0.388 e. The number of urea groups is 1. The van der Waals surface area contributed by atoms with Gasteiger partial charge < -0.3 is 21.1 Å². The quantitative estimate of drug-likeness (QED) is 0.492. The molecule has 0 unspecified atom stereocenters. The average molecular weight is 444 g/mol. The number of amides is 2. The lowest BCUT2D eigenvalue weighted by atomic mass is 10.0. The molecule has 5 heterocycles. The van der Waals surface area contributed by atoms with Crippen molar-refractivity contribution in [3.05, 3.63) is 66.0 Å². The second-order valence-electron chi connectivity index (χ2n) is 8.07. The molecule has 3 aromatic rings. The van der Waals surface area contributed by atoms with Crippen LogP contribution in [-0.2, 0) is 0 Å². The van der Waals surface area contributed by atoms with E-state index in [0.717, 1.165) is 39.1 Å². The molecule has 0 saturated carbocycles. The number of hydrogen-bond acceptors (Lipinski definition) is 7. The average Bonchev–Trinajstić information content (AvgIpc) is 2.84. The normalized spacial score (nSPS) is 17.5. The topological polar surface area (TPSA) is 115 Å². The van der Waals surface area contributed by atoms with Crippen LogP contribution in [0.25, 0.3) is 22.0 Å². The van der Waals surface area contributed by atoms with E-state index in [4.69, 9.17) is 0 Å². The summed E-state index contributed by atoms with van der Waals surface area (Å²) in [5.74, 6) is 1.41. The molecular formula is C24H25N7O2. The minimum atomic E-state index is -0.570. The van der Waals surface area contributed by atoms with Crippen LogP contribution in [-0.4, -0.2) is 57.2 Å². The number of hydrogen-bond donors (Lipinski definition) is 4. The number of nitrogens with zero attached hydrogens (tertiary/aromatic N) is 4. The molecule has 33 heavy (non-hydrogen) atoms. The summed E-state index contributed by atoms with van der Waals surface area (Å²) in [6.07, 6.45) is 9.04. The lowest BCUT2D eigenvalue weighted by molar-refractivity contribution is 0.180. The number of fused-ring (bicyclic) bond motifs is 1. The Kier molecular flexibility index (Phi) is 5.39. The zero-order valence-electron chi connectivity index (χ0n) is 18.5. The van der Waals surface area contributed by atoms with Crippen LogP contribution in [0.4, 0.5) is 16.3 Å². The molecule has 0 fully saturated rings. The molecule has 2 aliphatic heterocycles. The van der Waals surface area contributed by atoms with E-state index in [1.54, 1.807) is 23.5 Å². The molecule has 0 radical (unpaired) electrons. The summed E-state index contributed by atoms with van der Waals surface area (Å²) in [6, 6.07) is 5.53. The summed E-state index contributed by atoms with van der Waals surface area (Å²) in [4.78, 5) is 28.1. The fraction of sp³-hybridized carbons (Fsp3) is 0.250. The number of aryl methyl sites for hydroxylation is 1. The van der Waals surface area contributed by atoms with E-state index in [9.17, 15) is 9.90 Å². The molecule has 0 aliphatic carbocycles. The number of carbonyl (C=O) groups excluding carboxylic acids is 1. The van der Waals surface area contributed by atoms with Gasteiger partial charge in [0.1, 0.15) is 11.6 Å². The first-order valence-electron chi connectivity index (χ1n) is 10.8. The van der Waals surface area contributed by atoms with Gasteiger partial charge >= 0.3 is 6.03 Å². The van der Waals surface area contributed by atoms with Gasteiger partial charge in [0.25, 0.3) is 0 Å². The molecule has 5 rings (SSSR count). The van der Waals surface area contributed by atoms with Gasteiger partial charge in [0, 0.05) is 66.4 Å². The maximum absolute atomic E-state index is 13.1. The molecule has 0 aromatic carbocycles. The van der Waals surface area contributed by atoms with E-state index in [2.05, 4.69) is 30.9 Å². The highest BCUT2D eigenvalue weighted by Gasteiger charge is 2.28. The van der Waals surface area contributed by atoms with Crippen molar-refractivity contribution in [1.29, 1.82) is 0 Å². The van der Waals surface area contributed by atoms with E-state index in [1.807, 2.05) is 44.3 Å². The van der Waals surface area contributed by atoms with Gasteiger partial charge in [0.15, 0.2) is 0 Å². The van der Waals surface area contributed by atoms with Gasteiger partial charge in [-0.15, -0.1) is 0 Å². The smallest absolute Gasteiger partial charge is 0.327 e. The van der Waals surface area contributed by atoms with Crippen LogP contribution in [0.15, 0.2) is 60.3 Å². The molecular weight excluding hydrogens is 418 g/mol.